The molecule has 1 aliphatic rings. The molecule has 136 valence electrons. The van der Waals surface area contributed by atoms with E-state index in [9.17, 15) is 14.0 Å². The topological polar surface area (TPSA) is 52.7 Å². The van der Waals surface area contributed by atoms with Gasteiger partial charge in [0.25, 0.3) is 0 Å². The first-order valence-corrected chi connectivity index (χ1v) is 8.58. The number of carbonyl (C=O) groups excluding carboxylic acids is 2. The first-order valence-electron chi connectivity index (χ1n) is 8.58. The van der Waals surface area contributed by atoms with Crippen LogP contribution >= 0.6 is 0 Å². The highest BCUT2D eigenvalue weighted by molar-refractivity contribution is 6.04. The van der Waals surface area contributed by atoms with Gasteiger partial charge in [-0.3, -0.25) is 14.5 Å². The third kappa shape index (κ3) is 4.08. The fourth-order valence-corrected chi connectivity index (χ4v) is 3.28. The zero-order valence-corrected chi connectivity index (χ0v) is 14.9. The Bertz CT molecular complexity index is 824. The number of likely N-dealkylation sites (N-methyl/N-ethyl adjacent to an activating group) is 1. The zero-order chi connectivity index (χ0) is 18.7. The molecule has 5 nitrogen and oxygen atoms in total. The minimum Gasteiger partial charge on any atom is -0.324 e. The van der Waals surface area contributed by atoms with Gasteiger partial charge in [0.15, 0.2) is 0 Å². The molecule has 26 heavy (non-hydrogen) atoms. The summed E-state index contributed by atoms with van der Waals surface area (Å²) in [5.41, 5.74) is 2.15. The van der Waals surface area contributed by atoms with Crippen LogP contribution in [0, 0.1) is 5.82 Å². The Morgan fingerprint density at radius 3 is 2.81 bits per heavy atom. The Morgan fingerprint density at radius 2 is 2.04 bits per heavy atom. The molecule has 1 N–H and O–H groups in total. The van der Waals surface area contributed by atoms with Crippen molar-refractivity contribution in [3.63, 3.8) is 0 Å². The zero-order valence-electron chi connectivity index (χ0n) is 14.9. The number of hydrogen-bond acceptors (Lipinski definition) is 3. The number of nitrogens with one attached hydrogen (secondary N) is 1. The highest BCUT2D eigenvalue weighted by Crippen LogP contribution is 2.31. The number of benzene rings is 2. The van der Waals surface area contributed by atoms with Gasteiger partial charge in [0.05, 0.1) is 17.9 Å². The fourth-order valence-electron chi connectivity index (χ4n) is 3.28. The van der Waals surface area contributed by atoms with Crippen molar-refractivity contribution in [2.24, 2.45) is 0 Å². The maximum Gasteiger partial charge on any atom is 0.241 e. The number of para-hydroxylation sites is 2. The van der Waals surface area contributed by atoms with Crippen molar-refractivity contribution in [3.05, 3.63) is 59.9 Å². The molecule has 0 bridgehead atoms. The van der Waals surface area contributed by atoms with E-state index >= 15 is 0 Å². The molecule has 1 aliphatic heterocycles. The Balaban J connectivity index is 1.76. The monoisotopic (exact) mass is 355 g/mol. The summed E-state index contributed by atoms with van der Waals surface area (Å²) in [7, 11) is 1.82. The molecular weight excluding hydrogens is 333 g/mol. The molecule has 6 heteroatoms. The molecule has 2 amide bonds. The lowest BCUT2D eigenvalue weighted by Crippen LogP contribution is -2.44. The van der Waals surface area contributed by atoms with Crippen molar-refractivity contribution in [3.8, 4) is 0 Å². The van der Waals surface area contributed by atoms with E-state index in [1.54, 1.807) is 17.0 Å². The number of amides is 2. The van der Waals surface area contributed by atoms with Gasteiger partial charge in [0, 0.05) is 19.0 Å². The molecule has 0 fully saturated rings. The van der Waals surface area contributed by atoms with E-state index in [1.165, 1.54) is 12.1 Å². The molecule has 2 aromatic rings. The van der Waals surface area contributed by atoms with Crippen LogP contribution in [0.5, 0.6) is 0 Å². The summed E-state index contributed by atoms with van der Waals surface area (Å²) in [4.78, 5) is 28.5. The van der Waals surface area contributed by atoms with Crippen molar-refractivity contribution in [1.82, 2.24) is 4.90 Å². The number of hydrogen-bond donors (Lipinski definition) is 1. The van der Waals surface area contributed by atoms with Crippen LogP contribution in [0.15, 0.2) is 48.5 Å². The van der Waals surface area contributed by atoms with Gasteiger partial charge >= 0.3 is 0 Å². The lowest BCUT2D eigenvalue weighted by atomic mass is 10.1. The van der Waals surface area contributed by atoms with E-state index in [-0.39, 0.29) is 36.6 Å². The van der Waals surface area contributed by atoms with Crippen LogP contribution < -0.4 is 10.2 Å². The van der Waals surface area contributed by atoms with Crippen molar-refractivity contribution < 1.29 is 14.0 Å². The predicted octanol–water partition coefficient (Wildman–Crippen LogP) is 3.02. The molecule has 0 unspecified atom stereocenters. The van der Waals surface area contributed by atoms with Gasteiger partial charge in [0.1, 0.15) is 5.82 Å². The van der Waals surface area contributed by atoms with Crippen LogP contribution in [-0.4, -0.2) is 36.3 Å². The van der Waals surface area contributed by atoms with E-state index < -0.39 is 0 Å². The normalized spacial score (nSPS) is 16.8. The summed E-state index contributed by atoms with van der Waals surface area (Å²) < 4.78 is 13.3. The third-order valence-electron chi connectivity index (χ3n) is 4.37. The van der Waals surface area contributed by atoms with Gasteiger partial charge in [-0.05, 0) is 43.8 Å². The summed E-state index contributed by atoms with van der Waals surface area (Å²) in [6.07, 6.45) is 0.244. The largest absolute Gasteiger partial charge is 0.324 e. The fraction of sp³-hybridized carbons (Fsp3) is 0.300. The molecule has 1 atom stereocenters. The van der Waals surface area contributed by atoms with Crippen LogP contribution in [0.1, 0.15) is 18.9 Å². The molecule has 1 heterocycles. The number of halogens is 1. The van der Waals surface area contributed by atoms with Gasteiger partial charge in [-0.25, -0.2) is 4.39 Å². The van der Waals surface area contributed by atoms with Gasteiger partial charge in [-0.15, -0.1) is 0 Å². The lowest BCUT2D eigenvalue weighted by molar-refractivity contribution is -0.120. The summed E-state index contributed by atoms with van der Waals surface area (Å²) in [6, 6.07) is 13.4. The van der Waals surface area contributed by atoms with Crippen LogP contribution in [-0.2, 0) is 16.1 Å². The predicted molar refractivity (Wildman–Crippen MR) is 99.4 cm³/mol. The van der Waals surface area contributed by atoms with Gasteiger partial charge in [-0.1, -0.05) is 24.3 Å². The van der Waals surface area contributed by atoms with Crippen LogP contribution in [0.3, 0.4) is 0 Å². The van der Waals surface area contributed by atoms with Gasteiger partial charge in [0.2, 0.25) is 11.8 Å². The van der Waals surface area contributed by atoms with Crippen molar-refractivity contribution >= 4 is 23.2 Å². The van der Waals surface area contributed by atoms with Crippen molar-refractivity contribution in [2.45, 2.75) is 25.9 Å². The lowest BCUT2D eigenvalue weighted by Gasteiger charge is -2.29. The van der Waals surface area contributed by atoms with Crippen LogP contribution in [0.2, 0.25) is 0 Å². The smallest absolute Gasteiger partial charge is 0.241 e. The molecule has 0 saturated heterocycles. The summed E-state index contributed by atoms with van der Waals surface area (Å²) in [6.45, 7) is 2.50. The first-order chi connectivity index (χ1) is 12.4. The Hall–Kier alpha value is -2.73. The van der Waals surface area contributed by atoms with Crippen molar-refractivity contribution in [1.29, 1.82) is 0 Å². The molecule has 0 radical (unpaired) electrons. The quantitative estimate of drug-likeness (QED) is 0.917. The molecule has 2 aromatic carbocycles. The Kier molecular flexibility index (Phi) is 5.32. The van der Waals surface area contributed by atoms with E-state index in [2.05, 4.69) is 5.32 Å². The number of fused-ring (bicyclic) bond motifs is 1. The molecule has 0 spiro atoms. The maximum atomic E-state index is 13.3. The average Bonchev–Trinajstić information content (AvgIpc) is 2.68. The highest BCUT2D eigenvalue weighted by atomic mass is 19.1. The molecular formula is C20H22FN3O2. The van der Waals surface area contributed by atoms with E-state index in [0.29, 0.717) is 17.9 Å². The second-order valence-corrected chi connectivity index (χ2v) is 6.68. The van der Waals surface area contributed by atoms with E-state index in [4.69, 9.17) is 0 Å². The minimum absolute atomic E-state index is 0.0969. The summed E-state index contributed by atoms with van der Waals surface area (Å²) >= 11 is 0. The second kappa shape index (κ2) is 7.66. The highest BCUT2D eigenvalue weighted by Gasteiger charge is 2.29. The summed E-state index contributed by atoms with van der Waals surface area (Å²) in [5, 5.41) is 2.85. The standard InChI is InChI=1S/C20H22FN3O2/c1-14-10-19(25)22-17-8-3-4-9-18(17)24(14)20(26)13-23(2)12-15-6-5-7-16(21)11-15/h3-9,11,14H,10,12-13H2,1-2H3,(H,22,25)/t14-/m0/s1. The van der Waals surface area contributed by atoms with Gasteiger partial charge in [-0.2, -0.15) is 0 Å². The van der Waals surface area contributed by atoms with Crippen LogP contribution in [0.25, 0.3) is 0 Å². The average molecular weight is 355 g/mol. The SMILES string of the molecule is C[C@H]1CC(=O)Nc2ccccc2N1C(=O)CN(C)Cc1cccc(F)c1. The number of rotatable bonds is 4. The minimum atomic E-state index is -0.290. The Labute approximate surface area is 152 Å². The maximum absolute atomic E-state index is 13.3. The molecule has 3 rings (SSSR count). The molecule has 0 aromatic heterocycles. The van der Waals surface area contributed by atoms with E-state index in [1.807, 2.05) is 43.1 Å². The first kappa shape index (κ1) is 18.1. The molecule has 0 saturated carbocycles. The number of nitrogens with zero attached hydrogens (tertiary/aromatic N) is 2. The summed E-state index contributed by atoms with van der Waals surface area (Å²) in [5.74, 6) is -0.490. The second-order valence-electron chi connectivity index (χ2n) is 6.68. The van der Waals surface area contributed by atoms with Gasteiger partial charge < -0.3 is 10.2 Å². The van der Waals surface area contributed by atoms with Crippen LogP contribution in [0.4, 0.5) is 15.8 Å². The van der Waals surface area contributed by atoms with E-state index in [0.717, 1.165) is 5.56 Å². The third-order valence-corrected chi connectivity index (χ3v) is 4.37. The molecule has 0 aliphatic carbocycles. The number of anilines is 2. The number of carbonyl (C=O) groups is 2. The Morgan fingerprint density at radius 1 is 1.27 bits per heavy atom. The van der Waals surface area contributed by atoms with Crippen molar-refractivity contribution in [2.75, 3.05) is 23.8 Å².